The summed E-state index contributed by atoms with van der Waals surface area (Å²) in [6.07, 6.45) is 0.958. The van der Waals surface area contributed by atoms with Crippen LogP contribution in [0.5, 0.6) is 0 Å². The van der Waals surface area contributed by atoms with Crippen molar-refractivity contribution in [1.29, 1.82) is 0 Å². The predicted molar refractivity (Wildman–Crippen MR) is 78.8 cm³/mol. The van der Waals surface area contributed by atoms with Crippen LogP contribution < -0.4 is 5.32 Å². The van der Waals surface area contributed by atoms with Crippen LogP contribution in [0, 0.1) is 6.92 Å². The largest absolute Gasteiger partial charge is 0.480 e. The average Bonchev–Trinajstić information content (AvgIpc) is 2.45. The minimum atomic E-state index is -0.998. The molecule has 5 nitrogen and oxygen atoms in total. The third-order valence-electron chi connectivity index (χ3n) is 3.72. The number of rotatable bonds is 5. The van der Waals surface area contributed by atoms with Crippen LogP contribution in [0.15, 0.2) is 24.3 Å². The van der Waals surface area contributed by atoms with Crippen molar-refractivity contribution in [2.24, 2.45) is 0 Å². The molecule has 0 saturated heterocycles. The first-order valence-electron chi connectivity index (χ1n) is 6.77. The zero-order valence-corrected chi connectivity index (χ0v) is 12.0. The monoisotopic (exact) mass is 273 g/mol. The number of carboxylic acids is 1. The van der Waals surface area contributed by atoms with E-state index < -0.39 is 11.5 Å². The quantitative estimate of drug-likeness (QED) is 0.876. The van der Waals surface area contributed by atoms with Gasteiger partial charge in [0.1, 0.15) is 11.4 Å². The summed E-state index contributed by atoms with van der Waals surface area (Å²) in [5, 5.41) is 12.6. The first kappa shape index (κ1) is 14.2. The van der Waals surface area contributed by atoms with Gasteiger partial charge in [0.05, 0.1) is 16.7 Å². The highest BCUT2D eigenvalue weighted by Crippen LogP contribution is 2.24. The van der Waals surface area contributed by atoms with Crippen molar-refractivity contribution in [3.05, 3.63) is 30.0 Å². The van der Waals surface area contributed by atoms with Gasteiger partial charge in [-0.25, -0.2) is 14.8 Å². The topological polar surface area (TPSA) is 75.1 Å². The molecule has 2 N–H and O–H groups in total. The summed E-state index contributed by atoms with van der Waals surface area (Å²) in [4.78, 5) is 20.5. The molecule has 0 unspecified atom stereocenters. The molecule has 1 heterocycles. The summed E-state index contributed by atoms with van der Waals surface area (Å²) in [5.74, 6) is -0.327. The van der Waals surface area contributed by atoms with E-state index in [9.17, 15) is 9.90 Å². The molecule has 0 aliphatic carbocycles. The molecular formula is C15H19N3O2. The van der Waals surface area contributed by atoms with E-state index in [0.717, 1.165) is 11.0 Å². The number of carbonyl (C=O) groups is 1. The predicted octanol–water partition coefficient (Wildman–Crippen LogP) is 2.99. The number of para-hydroxylation sites is 2. The maximum absolute atomic E-state index is 11.6. The van der Waals surface area contributed by atoms with Crippen LogP contribution in [0.3, 0.4) is 0 Å². The van der Waals surface area contributed by atoms with Crippen molar-refractivity contribution in [2.75, 3.05) is 5.32 Å². The summed E-state index contributed by atoms with van der Waals surface area (Å²) in [7, 11) is 0. The van der Waals surface area contributed by atoms with Crippen LogP contribution >= 0.6 is 0 Å². The summed E-state index contributed by atoms with van der Waals surface area (Å²) in [6.45, 7) is 5.54. The maximum Gasteiger partial charge on any atom is 0.329 e. The fourth-order valence-electron chi connectivity index (χ4n) is 2.22. The minimum Gasteiger partial charge on any atom is -0.480 e. The van der Waals surface area contributed by atoms with E-state index in [1.54, 1.807) is 0 Å². The molecule has 106 valence electrons. The molecule has 0 bridgehead atoms. The van der Waals surface area contributed by atoms with Gasteiger partial charge < -0.3 is 10.4 Å². The number of carboxylic acid groups (broad SMARTS) is 1. The van der Waals surface area contributed by atoms with E-state index in [4.69, 9.17) is 0 Å². The number of fused-ring (bicyclic) bond motifs is 1. The van der Waals surface area contributed by atoms with Crippen molar-refractivity contribution < 1.29 is 9.90 Å². The number of hydrogen-bond donors (Lipinski definition) is 2. The van der Waals surface area contributed by atoms with Gasteiger partial charge in [0, 0.05) is 0 Å². The number of aryl methyl sites for hydroxylation is 1. The molecule has 2 aromatic rings. The Morgan fingerprint density at radius 2 is 1.75 bits per heavy atom. The molecule has 0 spiro atoms. The number of nitrogens with zero attached hydrogens (tertiary/aromatic N) is 2. The Hall–Kier alpha value is -2.17. The van der Waals surface area contributed by atoms with Gasteiger partial charge in [-0.3, -0.25) is 0 Å². The Kier molecular flexibility index (Phi) is 3.88. The number of anilines is 1. The van der Waals surface area contributed by atoms with Crippen molar-refractivity contribution in [2.45, 2.75) is 39.2 Å². The number of nitrogens with one attached hydrogen (secondary N) is 1. The number of aliphatic carboxylic acids is 1. The fourth-order valence-corrected chi connectivity index (χ4v) is 2.22. The van der Waals surface area contributed by atoms with Gasteiger partial charge in [-0.15, -0.1) is 0 Å². The molecule has 0 atom stereocenters. The molecule has 2 rings (SSSR count). The highest BCUT2D eigenvalue weighted by Gasteiger charge is 2.35. The number of hydrogen-bond acceptors (Lipinski definition) is 4. The first-order chi connectivity index (χ1) is 9.52. The SMILES string of the molecule is CCC(CC)(Nc1nc2ccccc2nc1C)C(=O)O. The lowest BCUT2D eigenvalue weighted by atomic mass is 9.93. The van der Waals surface area contributed by atoms with E-state index in [1.807, 2.05) is 45.0 Å². The summed E-state index contributed by atoms with van der Waals surface area (Å²) < 4.78 is 0. The molecule has 0 aliphatic heterocycles. The zero-order valence-electron chi connectivity index (χ0n) is 12.0. The Morgan fingerprint density at radius 3 is 2.25 bits per heavy atom. The molecule has 0 saturated carbocycles. The fraction of sp³-hybridized carbons (Fsp3) is 0.400. The Balaban J connectivity index is 2.47. The lowest BCUT2D eigenvalue weighted by Crippen LogP contribution is -2.45. The highest BCUT2D eigenvalue weighted by atomic mass is 16.4. The van der Waals surface area contributed by atoms with Crippen molar-refractivity contribution >= 4 is 22.8 Å². The first-order valence-corrected chi connectivity index (χ1v) is 6.77. The second kappa shape index (κ2) is 5.45. The maximum atomic E-state index is 11.6. The zero-order chi connectivity index (χ0) is 14.8. The third-order valence-corrected chi connectivity index (χ3v) is 3.72. The van der Waals surface area contributed by atoms with Gasteiger partial charge >= 0.3 is 5.97 Å². The summed E-state index contributed by atoms with van der Waals surface area (Å²) >= 11 is 0. The van der Waals surface area contributed by atoms with Crippen molar-refractivity contribution in [3.8, 4) is 0 Å². The normalized spacial score (nSPS) is 11.6. The minimum absolute atomic E-state index is 0.479. The highest BCUT2D eigenvalue weighted by molar-refractivity contribution is 5.83. The molecule has 0 aliphatic rings. The van der Waals surface area contributed by atoms with Crippen LogP contribution in [0.2, 0.25) is 0 Å². The molecule has 0 amide bonds. The molecule has 0 radical (unpaired) electrons. The van der Waals surface area contributed by atoms with Crippen LogP contribution in [-0.4, -0.2) is 26.6 Å². The van der Waals surface area contributed by atoms with Gasteiger partial charge in [-0.1, -0.05) is 26.0 Å². The molecule has 5 heteroatoms. The van der Waals surface area contributed by atoms with Gasteiger partial charge in [0.25, 0.3) is 0 Å². The lowest BCUT2D eigenvalue weighted by molar-refractivity contribution is -0.142. The van der Waals surface area contributed by atoms with Crippen molar-refractivity contribution in [3.63, 3.8) is 0 Å². The second-order valence-corrected chi connectivity index (χ2v) is 4.87. The Morgan fingerprint density at radius 1 is 1.20 bits per heavy atom. The van der Waals surface area contributed by atoms with Crippen molar-refractivity contribution in [1.82, 2.24) is 9.97 Å². The summed E-state index contributed by atoms with van der Waals surface area (Å²) in [5.41, 5.74) is 1.27. The van der Waals surface area contributed by atoms with Gasteiger partial charge in [-0.2, -0.15) is 0 Å². The van der Waals surface area contributed by atoms with E-state index in [0.29, 0.717) is 24.4 Å². The lowest BCUT2D eigenvalue weighted by Gasteiger charge is -2.29. The molecular weight excluding hydrogens is 254 g/mol. The summed E-state index contributed by atoms with van der Waals surface area (Å²) in [6, 6.07) is 7.56. The smallest absolute Gasteiger partial charge is 0.329 e. The van der Waals surface area contributed by atoms with Crippen LogP contribution in [0.1, 0.15) is 32.4 Å². The van der Waals surface area contributed by atoms with Crippen LogP contribution in [-0.2, 0) is 4.79 Å². The second-order valence-electron chi connectivity index (χ2n) is 4.87. The van der Waals surface area contributed by atoms with E-state index in [-0.39, 0.29) is 0 Å². The van der Waals surface area contributed by atoms with Gasteiger partial charge in [0.15, 0.2) is 0 Å². The number of benzene rings is 1. The molecule has 1 aromatic heterocycles. The van der Waals surface area contributed by atoms with E-state index in [2.05, 4.69) is 15.3 Å². The molecule has 0 fully saturated rings. The Labute approximate surface area is 118 Å². The van der Waals surface area contributed by atoms with E-state index in [1.165, 1.54) is 0 Å². The van der Waals surface area contributed by atoms with Crippen LogP contribution in [0.25, 0.3) is 11.0 Å². The van der Waals surface area contributed by atoms with Gasteiger partial charge in [-0.05, 0) is 31.9 Å². The van der Waals surface area contributed by atoms with Crippen LogP contribution in [0.4, 0.5) is 5.82 Å². The van der Waals surface area contributed by atoms with E-state index >= 15 is 0 Å². The van der Waals surface area contributed by atoms with Gasteiger partial charge in [0.2, 0.25) is 0 Å². The molecule has 1 aromatic carbocycles. The third kappa shape index (κ3) is 2.43. The average molecular weight is 273 g/mol. The molecule has 20 heavy (non-hydrogen) atoms. The Bertz CT molecular complexity index is 636. The standard InChI is InChI=1S/C15H19N3O2/c1-4-15(5-2,14(19)20)18-13-10(3)16-11-8-6-7-9-12(11)17-13/h6-9H,4-5H2,1-3H3,(H,17,18)(H,19,20). The number of aromatic nitrogens is 2.